The molecule has 0 saturated carbocycles. The minimum Gasteiger partial charge on any atom is -0.507 e. The molecule has 0 spiro atoms. The predicted molar refractivity (Wildman–Crippen MR) is 77.9 cm³/mol. The molecule has 2 rings (SSSR count). The van der Waals surface area contributed by atoms with Crippen molar-refractivity contribution in [3.05, 3.63) is 29.5 Å². The molecule has 2 aromatic rings. The number of carbonyl (C=O) groups excluding carboxylic acids is 2. The molecule has 118 valence electrons. The summed E-state index contributed by atoms with van der Waals surface area (Å²) in [5, 5.41) is 10.6. The average Bonchev–Trinajstić information content (AvgIpc) is 2.84. The summed E-state index contributed by atoms with van der Waals surface area (Å²) in [6, 6.07) is 4.43. The first-order chi connectivity index (χ1) is 10.5. The topological polar surface area (TPSA) is 87.0 Å². The van der Waals surface area contributed by atoms with Gasteiger partial charge in [0.15, 0.2) is 0 Å². The van der Waals surface area contributed by atoms with Crippen molar-refractivity contribution >= 4 is 22.8 Å². The van der Waals surface area contributed by atoms with Gasteiger partial charge in [-0.05, 0) is 25.1 Å². The molecule has 0 aliphatic heterocycles. The van der Waals surface area contributed by atoms with E-state index in [1.165, 1.54) is 26.4 Å². The van der Waals surface area contributed by atoms with Crippen molar-refractivity contribution in [1.82, 2.24) is 4.57 Å². The maximum absolute atomic E-state index is 11.9. The van der Waals surface area contributed by atoms with Crippen molar-refractivity contribution in [2.45, 2.75) is 13.7 Å². The summed E-state index contributed by atoms with van der Waals surface area (Å²) >= 11 is 0. The first-order valence-corrected chi connectivity index (χ1v) is 6.64. The second-order valence-electron chi connectivity index (χ2n) is 4.52. The van der Waals surface area contributed by atoms with Crippen LogP contribution in [0.3, 0.4) is 0 Å². The molecule has 22 heavy (non-hydrogen) atoms. The van der Waals surface area contributed by atoms with Crippen molar-refractivity contribution in [3.63, 3.8) is 0 Å². The van der Waals surface area contributed by atoms with Crippen LogP contribution in [0.2, 0.25) is 0 Å². The molecule has 0 aliphatic carbocycles. The molecule has 0 unspecified atom stereocenters. The number of hydrogen-bond acceptors (Lipinski definition) is 6. The molecule has 0 amide bonds. The van der Waals surface area contributed by atoms with Gasteiger partial charge in [0.1, 0.15) is 23.7 Å². The van der Waals surface area contributed by atoms with E-state index in [1.807, 2.05) is 0 Å². The lowest BCUT2D eigenvalue weighted by atomic mass is 10.1. The van der Waals surface area contributed by atoms with E-state index in [1.54, 1.807) is 17.6 Å². The Morgan fingerprint density at radius 1 is 1.18 bits per heavy atom. The molecule has 0 bridgehead atoms. The Hall–Kier alpha value is -2.54. The minimum absolute atomic E-state index is 0.0289. The molecule has 7 heteroatoms. The van der Waals surface area contributed by atoms with Crippen LogP contribution in [0.4, 0.5) is 0 Å². The molecule has 7 nitrogen and oxygen atoms in total. The van der Waals surface area contributed by atoms with Crippen LogP contribution in [0.1, 0.15) is 27.8 Å². The maximum Gasteiger partial charge on any atom is 0.354 e. The van der Waals surface area contributed by atoms with E-state index in [0.29, 0.717) is 10.9 Å². The summed E-state index contributed by atoms with van der Waals surface area (Å²) in [5.74, 6) is -1.38. The molecule has 0 fully saturated rings. The largest absolute Gasteiger partial charge is 0.507 e. The number of aromatic hydroxyl groups is 1. The zero-order chi connectivity index (χ0) is 16.3. The standard InChI is InChI=1S/C15H17NO6/c1-4-22-14(18)10-7-11-9(6-13(10)17)5-12(15(19)21-3)16(11)8-20-2/h5-7,17H,4,8H2,1-3H3. The summed E-state index contributed by atoms with van der Waals surface area (Å²) in [7, 11) is 2.76. The van der Waals surface area contributed by atoms with Crippen LogP contribution in [0.25, 0.3) is 10.9 Å². The Balaban J connectivity index is 2.65. The van der Waals surface area contributed by atoms with Crippen LogP contribution in [-0.2, 0) is 20.9 Å². The number of carbonyl (C=O) groups is 2. The molecular weight excluding hydrogens is 290 g/mol. The summed E-state index contributed by atoms with van der Waals surface area (Å²) in [6.45, 7) is 1.97. The maximum atomic E-state index is 11.9. The number of aromatic nitrogens is 1. The van der Waals surface area contributed by atoms with Gasteiger partial charge in [-0.3, -0.25) is 0 Å². The first kappa shape index (κ1) is 15.8. The summed E-state index contributed by atoms with van der Waals surface area (Å²) in [6.07, 6.45) is 0. The van der Waals surface area contributed by atoms with Gasteiger partial charge in [0.2, 0.25) is 0 Å². The number of rotatable bonds is 5. The Morgan fingerprint density at radius 3 is 2.50 bits per heavy atom. The number of hydrogen-bond donors (Lipinski definition) is 1. The fourth-order valence-corrected chi connectivity index (χ4v) is 2.21. The number of phenolic OH excluding ortho intramolecular Hbond substituents is 1. The van der Waals surface area contributed by atoms with Crippen LogP contribution >= 0.6 is 0 Å². The Kier molecular flexibility index (Phi) is 4.67. The van der Waals surface area contributed by atoms with Crippen molar-refractivity contribution in [3.8, 4) is 5.75 Å². The average molecular weight is 307 g/mol. The highest BCUT2D eigenvalue weighted by atomic mass is 16.5. The number of ether oxygens (including phenoxy) is 3. The second-order valence-corrected chi connectivity index (χ2v) is 4.52. The van der Waals surface area contributed by atoms with Gasteiger partial charge in [0.25, 0.3) is 0 Å². The molecule has 0 saturated heterocycles. The molecule has 0 radical (unpaired) electrons. The summed E-state index contributed by atoms with van der Waals surface area (Å²) in [5.41, 5.74) is 0.851. The van der Waals surface area contributed by atoms with Crippen molar-refractivity contribution < 1.29 is 28.9 Å². The third kappa shape index (κ3) is 2.75. The van der Waals surface area contributed by atoms with Gasteiger partial charge >= 0.3 is 11.9 Å². The van der Waals surface area contributed by atoms with Crippen LogP contribution in [0, 0.1) is 0 Å². The summed E-state index contributed by atoms with van der Waals surface area (Å²) < 4.78 is 16.3. The lowest BCUT2D eigenvalue weighted by Gasteiger charge is -2.09. The normalized spacial score (nSPS) is 10.7. The minimum atomic E-state index is -0.633. The van der Waals surface area contributed by atoms with E-state index in [0.717, 1.165) is 0 Å². The van der Waals surface area contributed by atoms with Gasteiger partial charge in [0.05, 0.1) is 19.2 Å². The summed E-state index contributed by atoms with van der Waals surface area (Å²) in [4.78, 5) is 23.7. The van der Waals surface area contributed by atoms with Crippen LogP contribution in [0.5, 0.6) is 5.75 Å². The van der Waals surface area contributed by atoms with Crippen LogP contribution in [0.15, 0.2) is 18.2 Å². The SMILES string of the molecule is CCOC(=O)c1cc2c(cc1O)cc(C(=O)OC)n2COC. The van der Waals surface area contributed by atoms with E-state index in [9.17, 15) is 14.7 Å². The molecule has 1 N–H and O–H groups in total. The van der Waals surface area contributed by atoms with Crippen molar-refractivity contribution in [1.29, 1.82) is 0 Å². The van der Waals surface area contributed by atoms with Gasteiger partial charge < -0.3 is 23.9 Å². The van der Waals surface area contributed by atoms with E-state index in [-0.39, 0.29) is 30.3 Å². The molecule has 1 aromatic heterocycles. The highest BCUT2D eigenvalue weighted by molar-refractivity contribution is 6.01. The lowest BCUT2D eigenvalue weighted by molar-refractivity contribution is 0.0522. The zero-order valence-electron chi connectivity index (χ0n) is 12.6. The predicted octanol–water partition coefficient (Wildman–Crippen LogP) is 1.91. The van der Waals surface area contributed by atoms with Crippen LogP contribution in [-0.4, -0.2) is 42.4 Å². The number of benzene rings is 1. The quantitative estimate of drug-likeness (QED) is 0.849. The van der Waals surface area contributed by atoms with E-state index in [4.69, 9.17) is 14.2 Å². The number of methoxy groups -OCH3 is 2. The Bertz CT molecular complexity index is 718. The van der Waals surface area contributed by atoms with Crippen LogP contribution < -0.4 is 0 Å². The fraction of sp³-hybridized carbons (Fsp3) is 0.333. The number of nitrogens with zero attached hydrogens (tertiary/aromatic N) is 1. The lowest BCUT2D eigenvalue weighted by Crippen LogP contribution is -2.12. The zero-order valence-corrected chi connectivity index (χ0v) is 12.6. The van der Waals surface area contributed by atoms with E-state index in [2.05, 4.69) is 0 Å². The molecule has 1 aromatic carbocycles. The van der Waals surface area contributed by atoms with Gasteiger partial charge in [-0.1, -0.05) is 0 Å². The Morgan fingerprint density at radius 2 is 1.91 bits per heavy atom. The van der Waals surface area contributed by atoms with E-state index >= 15 is 0 Å². The third-order valence-corrected chi connectivity index (χ3v) is 3.17. The third-order valence-electron chi connectivity index (χ3n) is 3.17. The molecule has 0 aliphatic rings. The van der Waals surface area contributed by atoms with E-state index < -0.39 is 11.9 Å². The first-order valence-electron chi connectivity index (χ1n) is 6.64. The van der Waals surface area contributed by atoms with Gasteiger partial charge in [-0.25, -0.2) is 9.59 Å². The monoisotopic (exact) mass is 307 g/mol. The number of phenols is 1. The second kappa shape index (κ2) is 6.48. The molecular formula is C15H17NO6. The molecule has 1 heterocycles. The number of fused-ring (bicyclic) bond motifs is 1. The van der Waals surface area contributed by atoms with Gasteiger partial charge in [-0.2, -0.15) is 0 Å². The highest BCUT2D eigenvalue weighted by Crippen LogP contribution is 2.29. The smallest absolute Gasteiger partial charge is 0.354 e. The fourth-order valence-electron chi connectivity index (χ4n) is 2.21. The van der Waals surface area contributed by atoms with Gasteiger partial charge in [-0.15, -0.1) is 0 Å². The van der Waals surface area contributed by atoms with Gasteiger partial charge in [0, 0.05) is 12.5 Å². The number of esters is 2. The Labute approximate surface area is 127 Å². The van der Waals surface area contributed by atoms with Crippen molar-refractivity contribution in [2.24, 2.45) is 0 Å². The highest BCUT2D eigenvalue weighted by Gasteiger charge is 2.20. The molecule has 0 atom stereocenters. The van der Waals surface area contributed by atoms with Crippen molar-refractivity contribution in [2.75, 3.05) is 20.8 Å².